The van der Waals surface area contributed by atoms with E-state index in [9.17, 15) is 8.42 Å². The summed E-state index contributed by atoms with van der Waals surface area (Å²) in [6.07, 6.45) is 1.31. The number of hydrogen-bond donors (Lipinski definition) is 0. The van der Waals surface area contributed by atoms with Gasteiger partial charge < -0.3 is 0 Å². The molecule has 0 aromatic heterocycles. The third kappa shape index (κ3) is 57.2. The summed E-state index contributed by atoms with van der Waals surface area (Å²) < 4.78 is 16.5. The highest BCUT2D eigenvalue weighted by Crippen LogP contribution is 2.08. The zero-order valence-corrected chi connectivity index (χ0v) is 11.4. The van der Waals surface area contributed by atoms with Crippen molar-refractivity contribution < 1.29 is 8.42 Å². The maximum atomic E-state index is 9.61. The zero-order chi connectivity index (χ0) is 8.78. The van der Waals surface area contributed by atoms with Gasteiger partial charge in [-0.3, -0.25) is 0 Å². The second-order valence-electron chi connectivity index (χ2n) is 2.18. The van der Waals surface area contributed by atoms with Crippen LogP contribution in [-0.4, -0.2) is 8.42 Å². The van der Waals surface area contributed by atoms with Gasteiger partial charge in [0, 0.05) is 0 Å². The molecule has 5 heteroatoms. The predicted molar refractivity (Wildman–Crippen MR) is 62.1 cm³/mol. The Labute approximate surface area is 87.2 Å². The fraction of sp³-hybridized carbons (Fsp3) is 1.00. The van der Waals surface area contributed by atoms with Gasteiger partial charge in [-0.2, -0.15) is 0 Å². The van der Waals surface area contributed by atoms with E-state index < -0.39 is 4.18 Å². The SMILES string of the molecule is CCC(C)C.O=S(=O)(I)I. The highest BCUT2D eigenvalue weighted by Gasteiger charge is 1.86. The molecule has 0 aliphatic heterocycles. The summed E-state index contributed by atoms with van der Waals surface area (Å²) >= 11 is 2.67. The van der Waals surface area contributed by atoms with Crippen LogP contribution in [0.4, 0.5) is 0 Å². The fourth-order valence-corrected chi connectivity index (χ4v) is 0. The second kappa shape index (κ2) is 7.08. The van der Waals surface area contributed by atoms with Crippen molar-refractivity contribution in [2.24, 2.45) is 5.92 Å². The number of halogens is 2. The Kier molecular flexibility index (Phi) is 9.89. The molecule has 0 amide bonds. The summed E-state index contributed by atoms with van der Waals surface area (Å²) in [5.41, 5.74) is 0. The Hall–Kier alpha value is 1.41. The molecule has 0 rings (SSSR count). The van der Waals surface area contributed by atoms with Crippen molar-refractivity contribution in [3.8, 4) is 0 Å². The van der Waals surface area contributed by atoms with Crippen LogP contribution in [0.3, 0.4) is 0 Å². The smallest absolute Gasteiger partial charge is 0.208 e. The summed E-state index contributed by atoms with van der Waals surface area (Å²) in [5, 5.41) is 0. The molecule has 0 bridgehead atoms. The Morgan fingerprint density at radius 2 is 1.40 bits per heavy atom. The van der Waals surface area contributed by atoms with Gasteiger partial charge in [0.25, 0.3) is 4.18 Å². The van der Waals surface area contributed by atoms with E-state index in [2.05, 4.69) is 20.8 Å². The van der Waals surface area contributed by atoms with Crippen molar-refractivity contribution >= 4 is 46.6 Å². The van der Waals surface area contributed by atoms with Crippen LogP contribution in [0.5, 0.6) is 0 Å². The molecule has 0 saturated heterocycles. The van der Waals surface area contributed by atoms with E-state index in [1.54, 1.807) is 0 Å². The lowest BCUT2D eigenvalue weighted by atomic mass is 10.2. The lowest BCUT2D eigenvalue weighted by Crippen LogP contribution is -1.77. The van der Waals surface area contributed by atoms with E-state index in [0.717, 1.165) is 5.92 Å². The maximum absolute atomic E-state index is 9.61. The Morgan fingerprint density at radius 1 is 1.30 bits per heavy atom. The first-order chi connectivity index (χ1) is 4.27. The first kappa shape index (κ1) is 14.0. The van der Waals surface area contributed by atoms with Crippen molar-refractivity contribution in [1.82, 2.24) is 0 Å². The van der Waals surface area contributed by atoms with E-state index in [-0.39, 0.29) is 0 Å². The molecule has 0 unspecified atom stereocenters. The molecule has 0 fully saturated rings. The quantitative estimate of drug-likeness (QED) is 0.510. The van der Waals surface area contributed by atoms with E-state index in [0.29, 0.717) is 0 Å². The van der Waals surface area contributed by atoms with Crippen LogP contribution in [0.2, 0.25) is 0 Å². The highest BCUT2D eigenvalue weighted by atomic mass is 127. The summed E-state index contributed by atoms with van der Waals surface area (Å²) in [6.45, 7) is 6.64. The van der Waals surface area contributed by atoms with Gasteiger partial charge in [-0.1, -0.05) is 27.2 Å². The normalized spacial score (nSPS) is 10.6. The minimum absolute atomic E-state index is 0.884. The van der Waals surface area contributed by atoms with Gasteiger partial charge in [-0.15, -0.1) is 0 Å². The van der Waals surface area contributed by atoms with Crippen LogP contribution in [0.1, 0.15) is 27.2 Å². The standard InChI is InChI=1S/C5H12.I2O2S/c1-4-5(2)3;1-5(2,3)4/h5H,4H2,1-3H3;. The van der Waals surface area contributed by atoms with Crippen LogP contribution in [-0.2, 0) is 4.18 Å². The lowest BCUT2D eigenvalue weighted by molar-refractivity contribution is 0.626. The highest BCUT2D eigenvalue weighted by molar-refractivity contribution is 14.3. The molecule has 0 radical (unpaired) electrons. The molecule has 64 valence electrons. The van der Waals surface area contributed by atoms with Crippen LogP contribution >= 0.6 is 42.4 Å². The lowest BCUT2D eigenvalue weighted by Gasteiger charge is -1.90. The Balaban J connectivity index is 0. The van der Waals surface area contributed by atoms with E-state index in [1.165, 1.54) is 48.8 Å². The van der Waals surface area contributed by atoms with Crippen LogP contribution in [0.15, 0.2) is 0 Å². The molecule has 0 aromatic rings. The van der Waals surface area contributed by atoms with Crippen LogP contribution in [0.25, 0.3) is 0 Å². The summed E-state index contributed by atoms with van der Waals surface area (Å²) in [5.74, 6) is 0.884. The molecule has 0 saturated carbocycles. The van der Waals surface area contributed by atoms with E-state index in [4.69, 9.17) is 0 Å². The molecule has 10 heavy (non-hydrogen) atoms. The topological polar surface area (TPSA) is 34.1 Å². The van der Waals surface area contributed by atoms with Crippen molar-refractivity contribution in [3.05, 3.63) is 0 Å². The molecule has 0 aliphatic carbocycles. The Morgan fingerprint density at radius 3 is 1.40 bits per heavy atom. The van der Waals surface area contributed by atoms with Gasteiger partial charge in [0.2, 0.25) is 0 Å². The maximum Gasteiger partial charge on any atom is 0.255 e. The monoisotopic (exact) mass is 390 g/mol. The minimum Gasteiger partial charge on any atom is -0.208 e. The van der Waals surface area contributed by atoms with Gasteiger partial charge >= 0.3 is 0 Å². The van der Waals surface area contributed by atoms with Crippen LogP contribution in [0, 0.1) is 5.92 Å². The largest absolute Gasteiger partial charge is 0.255 e. The van der Waals surface area contributed by atoms with Gasteiger partial charge in [0.1, 0.15) is 0 Å². The third-order valence-corrected chi connectivity index (χ3v) is 0.816. The first-order valence-corrected chi connectivity index (χ1v) is 9.48. The second-order valence-corrected chi connectivity index (χ2v) is 15.0. The number of rotatable bonds is 1. The van der Waals surface area contributed by atoms with Crippen LogP contribution < -0.4 is 0 Å². The molecular weight excluding hydrogens is 378 g/mol. The predicted octanol–water partition coefficient (Wildman–Crippen LogP) is 3.15. The minimum atomic E-state index is -2.73. The summed E-state index contributed by atoms with van der Waals surface area (Å²) in [7, 11) is 0. The molecule has 0 heterocycles. The van der Waals surface area contributed by atoms with Crippen molar-refractivity contribution in [2.75, 3.05) is 0 Å². The molecule has 2 nitrogen and oxygen atoms in total. The molecule has 0 aliphatic rings. The molecule has 0 spiro atoms. The van der Waals surface area contributed by atoms with Gasteiger partial charge in [-0.25, -0.2) is 8.42 Å². The average molecular weight is 390 g/mol. The van der Waals surface area contributed by atoms with Gasteiger partial charge in [-0.05, 0) is 5.92 Å². The molecule has 0 aromatic carbocycles. The fourth-order valence-electron chi connectivity index (χ4n) is 0. The first-order valence-electron chi connectivity index (χ1n) is 2.91. The van der Waals surface area contributed by atoms with Gasteiger partial charge in [0.05, 0.1) is 42.4 Å². The average Bonchev–Trinajstić information content (AvgIpc) is 1.61. The summed E-state index contributed by atoms with van der Waals surface area (Å²) in [4.78, 5) is 0. The Bertz CT molecular complexity index is 143. The van der Waals surface area contributed by atoms with E-state index in [1.807, 2.05) is 0 Å². The van der Waals surface area contributed by atoms with Crippen molar-refractivity contribution in [3.63, 3.8) is 0 Å². The summed E-state index contributed by atoms with van der Waals surface area (Å²) in [6, 6.07) is 0. The van der Waals surface area contributed by atoms with Crippen molar-refractivity contribution in [2.45, 2.75) is 27.2 Å². The molecule has 0 N–H and O–H groups in total. The van der Waals surface area contributed by atoms with Gasteiger partial charge in [0.15, 0.2) is 0 Å². The zero-order valence-electron chi connectivity index (χ0n) is 6.27. The van der Waals surface area contributed by atoms with Crippen molar-refractivity contribution in [1.29, 1.82) is 0 Å². The third-order valence-electron chi connectivity index (χ3n) is 0.816. The molecule has 0 atom stereocenters. The molecular formula is C5H12I2O2S. The van der Waals surface area contributed by atoms with E-state index >= 15 is 0 Å². The number of hydrogen-bond acceptors (Lipinski definition) is 2.